The van der Waals surface area contributed by atoms with Crippen LogP contribution in [-0.2, 0) is 6.54 Å². The maximum absolute atomic E-state index is 6.07. The molecule has 0 radical (unpaired) electrons. The van der Waals surface area contributed by atoms with Gasteiger partial charge in [0.2, 0.25) is 0 Å². The number of rotatable bonds is 4. The van der Waals surface area contributed by atoms with Crippen LogP contribution in [0.4, 0.5) is 0 Å². The van der Waals surface area contributed by atoms with E-state index in [-0.39, 0.29) is 0 Å². The van der Waals surface area contributed by atoms with Crippen molar-refractivity contribution in [3.05, 3.63) is 33.8 Å². The average molecular weight is 301 g/mol. The van der Waals surface area contributed by atoms with Crippen molar-refractivity contribution in [2.75, 3.05) is 19.6 Å². The summed E-state index contributed by atoms with van der Waals surface area (Å²) < 4.78 is 0. The first-order valence-electron chi connectivity index (χ1n) is 6.99. The molecule has 2 rings (SSSR count). The first-order chi connectivity index (χ1) is 9.10. The molecule has 1 heterocycles. The summed E-state index contributed by atoms with van der Waals surface area (Å²) in [7, 11) is 0. The molecular weight excluding hydrogens is 279 g/mol. The lowest BCUT2D eigenvalue weighted by molar-refractivity contribution is 0.162. The van der Waals surface area contributed by atoms with E-state index in [4.69, 9.17) is 23.2 Å². The van der Waals surface area contributed by atoms with Crippen LogP contribution in [0.2, 0.25) is 10.0 Å². The molecule has 1 aromatic rings. The van der Waals surface area contributed by atoms with Crippen LogP contribution >= 0.6 is 23.2 Å². The molecule has 1 aromatic carbocycles. The lowest BCUT2D eigenvalue weighted by Crippen LogP contribution is -2.52. The van der Waals surface area contributed by atoms with Gasteiger partial charge in [0.1, 0.15) is 0 Å². The molecule has 2 unspecified atom stereocenters. The van der Waals surface area contributed by atoms with E-state index in [0.717, 1.165) is 32.1 Å². The molecular formula is C15H22Cl2N2. The molecule has 0 saturated carbocycles. The summed E-state index contributed by atoms with van der Waals surface area (Å²) in [5.74, 6) is 0.719. The third-order valence-electron chi connectivity index (χ3n) is 4.01. The van der Waals surface area contributed by atoms with Crippen molar-refractivity contribution in [1.29, 1.82) is 0 Å². The Balaban J connectivity index is 1.96. The van der Waals surface area contributed by atoms with E-state index < -0.39 is 0 Å². The zero-order valence-electron chi connectivity index (χ0n) is 11.6. The number of piperazine rings is 1. The van der Waals surface area contributed by atoms with E-state index in [1.807, 2.05) is 12.1 Å². The fourth-order valence-corrected chi connectivity index (χ4v) is 2.87. The monoisotopic (exact) mass is 300 g/mol. The zero-order chi connectivity index (χ0) is 13.8. The highest BCUT2D eigenvalue weighted by Gasteiger charge is 2.23. The van der Waals surface area contributed by atoms with Gasteiger partial charge >= 0.3 is 0 Å². The highest BCUT2D eigenvalue weighted by Crippen LogP contribution is 2.23. The Morgan fingerprint density at radius 2 is 2.16 bits per heavy atom. The maximum Gasteiger partial charge on any atom is 0.0595 e. The molecule has 106 valence electrons. The van der Waals surface area contributed by atoms with Gasteiger partial charge in [0.05, 0.1) is 10.0 Å². The minimum Gasteiger partial charge on any atom is -0.311 e. The van der Waals surface area contributed by atoms with E-state index in [1.54, 1.807) is 0 Å². The normalized spacial score (nSPS) is 22.4. The summed E-state index contributed by atoms with van der Waals surface area (Å²) in [5.41, 5.74) is 1.24. The summed E-state index contributed by atoms with van der Waals surface area (Å²) in [6.07, 6.45) is 1.22. The molecule has 1 aliphatic rings. The van der Waals surface area contributed by atoms with E-state index in [2.05, 4.69) is 30.1 Å². The number of benzene rings is 1. The fraction of sp³-hybridized carbons (Fsp3) is 0.600. The average Bonchev–Trinajstić information content (AvgIpc) is 2.42. The summed E-state index contributed by atoms with van der Waals surface area (Å²) in [4.78, 5) is 2.49. The number of nitrogens with zero attached hydrogens (tertiary/aromatic N) is 1. The van der Waals surface area contributed by atoms with Crippen LogP contribution in [0.25, 0.3) is 0 Å². The molecule has 0 bridgehead atoms. The second kappa shape index (κ2) is 6.94. The van der Waals surface area contributed by atoms with Crippen LogP contribution in [0.5, 0.6) is 0 Å². The van der Waals surface area contributed by atoms with Crippen molar-refractivity contribution in [2.24, 2.45) is 5.92 Å². The standard InChI is InChI=1S/C15H22Cl2N2/c1-3-11(2)15-10-19(7-6-18-15)9-12-4-5-13(16)14(17)8-12/h4-5,8,11,15,18H,3,6-7,9-10H2,1-2H3. The van der Waals surface area contributed by atoms with Crippen LogP contribution in [0.3, 0.4) is 0 Å². The van der Waals surface area contributed by atoms with Crippen molar-refractivity contribution >= 4 is 23.2 Å². The molecule has 2 nitrogen and oxygen atoms in total. The molecule has 0 amide bonds. The van der Waals surface area contributed by atoms with E-state index in [1.165, 1.54) is 12.0 Å². The van der Waals surface area contributed by atoms with Gasteiger partial charge in [0, 0.05) is 32.2 Å². The molecule has 1 N–H and O–H groups in total. The van der Waals surface area contributed by atoms with Crippen molar-refractivity contribution in [3.63, 3.8) is 0 Å². The maximum atomic E-state index is 6.07. The highest BCUT2D eigenvalue weighted by molar-refractivity contribution is 6.42. The number of hydrogen-bond donors (Lipinski definition) is 1. The topological polar surface area (TPSA) is 15.3 Å². The van der Waals surface area contributed by atoms with E-state index in [0.29, 0.717) is 16.1 Å². The first-order valence-corrected chi connectivity index (χ1v) is 7.75. The molecule has 19 heavy (non-hydrogen) atoms. The molecule has 0 aromatic heterocycles. The smallest absolute Gasteiger partial charge is 0.0595 e. The summed E-state index contributed by atoms with van der Waals surface area (Å²) in [6, 6.07) is 6.52. The summed E-state index contributed by atoms with van der Waals surface area (Å²) in [6.45, 7) is 8.79. The Labute approximate surface area is 126 Å². The number of hydrogen-bond acceptors (Lipinski definition) is 2. The van der Waals surface area contributed by atoms with Crippen LogP contribution in [0.15, 0.2) is 18.2 Å². The van der Waals surface area contributed by atoms with Gasteiger partial charge in [0.25, 0.3) is 0 Å². The van der Waals surface area contributed by atoms with E-state index >= 15 is 0 Å². The molecule has 0 aliphatic carbocycles. The molecule has 1 aliphatic heterocycles. The molecule has 4 heteroatoms. The van der Waals surface area contributed by atoms with Gasteiger partial charge in [-0.3, -0.25) is 4.90 Å². The molecule has 2 atom stereocenters. The minimum atomic E-state index is 0.599. The summed E-state index contributed by atoms with van der Waals surface area (Å²) in [5, 5.41) is 4.89. The lowest BCUT2D eigenvalue weighted by Gasteiger charge is -2.36. The van der Waals surface area contributed by atoms with Crippen LogP contribution in [0, 0.1) is 5.92 Å². The van der Waals surface area contributed by atoms with Crippen LogP contribution in [-0.4, -0.2) is 30.6 Å². The zero-order valence-corrected chi connectivity index (χ0v) is 13.1. The second-order valence-electron chi connectivity index (χ2n) is 5.43. The molecule has 1 fully saturated rings. The Bertz CT molecular complexity index is 423. The Kier molecular flexibility index (Phi) is 5.52. The Morgan fingerprint density at radius 3 is 2.84 bits per heavy atom. The van der Waals surface area contributed by atoms with Crippen molar-refractivity contribution in [3.8, 4) is 0 Å². The van der Waals surface area contributed by atoms with Crippen LogP contribution in [0.1, 0.15) is 25.8 Å². The van der Waals surface area contributed by atoms with Gasteiger partial charge < -0.3 is 5.32 Å². The van der Waals surface area contributed by atoms with Gasteiger partial charge in [-0.2, -0.15) is 0 Å². The SMILES string of the molecule is CCC(C)C1CN(Cc2ccc(Cl)c(Cl)c2)CCN1. The second-order valence-corrected chi connectivity index (χ2v) is 6.24. The molecule has 1 saturated heterocycles. The van der Waals surface area contributed by atoms with Crippen molar-refractivity contribution in [2.45, 2.75) is 32.9 Å². The first kappa shape index (κ1) is 15.1. The third-order valence-corrected chi connectivity index (χ3v) is 4.75. The van der Waals surface area contributed by atoms with Crippen molar-refractivity contribution in [1.82, 2.24) is 10.2 Å². The van der Waals surface area contributed by atoms with Gasteiger partial charge in [-0.25, -0.2) is 0 Å². The fourth-order valence-electron chi connectivity index (χ4n) is 2.55. The number of nitrogens with one attached hydrogen (secondary N) is 1. The third kappa shape index (κ3) is 4.09. The largest absolute Gasteiger partial charge is 0.311 e. The predicted molar refractivity (Wildman–Crippen MR) is 83.0 cm³/mol. The van der Waals surface area contributed by atoms with Gasteiger partial charge in [0.15, 0.2) is 0 Å². The minimum absolute atomic E-state index is 0.599. The Hall–Kier alpha value is -0.280. The van der Waals surface area contributed by atoms with Crippen LogP contribution < -0.4 is 5.32 Å². The highest BCUT2D eigenvalue weighted by atomic mass is 35.5. The van der Waals surface area contributed by atoms with Gasteiger partial charge in [-0.05, 0) is 23.6 Å². The van der Waals surface area contributed by atoms with E-state index in [9.17, 15) is 0 Å². The van der Waals surface area contributed by atoms with Crippen molar-refractivity contribution < 1.29 is 0 Å². The molecule has 0 spiro atoms. The summed E-state index contributed by atoms with van der Waals surface area (Å²) >= 11 is 12.0. The quantitative estimate of drug-likeness (QED) is 0.909. The lowest BCUT2D eigenvalue weighted by atomic mass is 9.97. The predicted octanol–water partition coefficient (Wildman–Crippen LogP) is 3.81. The number of halogens is 2. The van der Waals surface area contributed by atoms with Gasteiger partial charge in [-0.1, -0.05) is 49.5 Å². The van der Waals surface area contributed by atoms with Gasteiger partial charge in [-0.15, -0.1) is 0 Å². The Morgan fingerprint density at radius 1 is 1.37 bits per heavy atom.